The Kier molecular flexibility index (Phi) is 5.06. The zero-order valence-corrected chi connectivity index (χ0v) is 15.6. The molecule has 4 aromatic rings. The average Bonchev–Trinajstić information content (AvgIpc) is 3.17. The first-order valence-electron chi connectivity index (χ1n) is 9.19. The molecule has 0 saturated carbocycles. The van der Waals surface area contributed by atoms with Crippen LogP contribution in [-0.2, 0) is 6.42 Å². The van der Waals surface area contributed by atoms with E-state index in [0.717, 1.165) is 22.5 Å². The largest absolute Gasteiger partial charge is 0.496 e. The first kappa shape index (κ1) is 17.8. The summed E-state index contributed by atoms with van der Waals surface area (Å²) >= 11 is 0. The maximum absolute atomic E-state index is 12.8. The lowest BCUT2D eigenvalue weighted by Crippen LogP contribution is -2.26. The molecule has 0 aliphatic rings. The van der Waals surface area contributed by atoms with Crippen LogP contribution in [0.25, 0.3) is 16.6 Å². The molecule has 28 heavy (non-hydrogen) atoms. The van der Waals surface area contributed by atoms with Crippen LogP contribution in [0.5, 0.6) is 5.75 Å². The van der Waals surface area contributed by atoms with Gasteiger partial charge in [0.15, 0.2) is 0 Å². The number of fused-ring (bicyclic) bond motifs is 1. The third-order valence-corrected chi connectivity index (χ3v) is 4.70. The van der Waals surface area contributed by atoms with Crippen molar-refractivity contribution in [3.63, 3.8) is 0 Å². The number of imidazole rings is 1. The third-order valence-electron chi connectivity index (χ3n) is 4.70. The van der Waals surface area contributed by atoms with Gasteiger partial charge >= 0.3 is 0 Å². The van der Waals surface area contributed by atoms with Gasteiger partial charge in [0.05, 0.1) is 24.4 Å². The van der Waals surface area contributed by atoms with E-state index in [1.165, 1.54) is 0 Å². The van der Waals surface area contributed by atoms with Crippen molar-refractivity contribution in [3.8, 4) is 16.9 Å². The van der Waals surface area contributed by atoms with Crippen molar-refractivity contribution in [2.75, 3.05) is 13.7 Å². The molecule has 0 spiro atoms. The summed E-state index contributed by atoms with van der Waals surface area (Å²) in [6.07, 6.45) is 4.46. The summed E-state index contributed by atoms with van der Waals surface area (Å²) in [6, 6.07) is 21.6. The van der Waals surface area contributed by atoms with E-state index < -0.39 is 0 Å². The maximum atomic E-state index is 12.8. The number of hydrogen-bond acceptors (Lipinski definition) is 3. The van der Waals surface area contributed by atoms with Gasteiger partial charge in [-0.1, -0.05) is 42.5 Å². The van der Waals surface area contributed by atoms with Crippen molar-refractivity contribution in [2.24, 2.45) is 0 Å². The van der Waals surface area contributed by atoms with Gasteiger partial charge in [-0.3, -0.25) is 4.79 Å². The number of hydrogen-bond donors (Lipinski definition) is 1. The first-order chi connectivity index (χ1) is 13.8. The number of rotatable bonds is 6. The monoisotopic (exact) mass is 371 g/mol. The molecule has 1 N–H and O–H groups in total. The second-order valence-corrected chi connectivity index (χ2v) is 6.46. The molecule has 0 saturated heterocycles. The van der Waals surface area contributed by atoms with Gasteiger partial charge in [-0.25, -0.2) is 4.98 Å². The quantitative estimate of drug-likeness (QED) is 0.558. The van der Waals surface area contributed by atoms with Crippen LogP contribution in [0.2, 0.25) is 0 Å². The van der Waals surface area contributed by atoms with Crippen molar-refractivity contribution in [2.45, 2.75) is 6.42 Å². The Labute approximate surface area is 163 Å². The molecule has 0 aliphatic heterocycles. The van der Waals surface area contributed by atoms with Gasteiger partial charge in [0.2, 0.25) is 0 Å². The summed E-state index contributed by atoms with van der Waals surface area (Å²) in [4.78, 5) is 17.2. The van der Waals surface area contributed by atoms with Crippen molar-refractivity contribution in [3.05, 3.63) is 90.5 Å². The van der Waals surface area contributed by atoms with E-state index in [9.17, 15) is 4.79 Å². The zero-order chi connectivity index (χ0) is 19.3. The second-order valence-electron chi connectivity index (χ2n) is 6.46. The van der Waals surface area contributed by atoms with Gasteiger partial charge in [-0.2, -0.15) is 0 Å². The Bertz CT molecular complexity index is 1100. The first-order valence-corrected chi connectivity index (χ1v) is 9.19. The Morgan fingerprint density at radius 3 is 2.68 bits per heavy atom. The minimum Gasteiger partial charge on any atom is -0.496 e. The third kappa shape index (κ3) is 3.60. The van der Waals surface area contributed by atoms with Crippen molar-refractivity contribution >= 4 is 11.4 Å². The van der Waals surface area contributed by atoms with Crippen LogP contribution in [0.3, 0.4) is 0 Å². The highest BCUT2D eigenvalue weighted by Gasteiger charge is 2.14. The maximum Gasteiger partial charge on any atom is 0.255 e. The van der Waals surface area contributed by atoms with E-state index >= 15 is 0 Å². The zero-order valence-electron chi connectivity index (χ0n) is 15.6. The average molecular weight is 371 g/mol. The number of carbonyl (C=O) groups excluding carboxylic acids is 1. The number of carbonyl (C=O) groups is 1. The fourth-order valence-corrected chi connectivity index (χ4v) is 3.26. The van der Waals surface area contributed by atoms with Crippen LogP contribution in [-0.4, -0.2) is 28.9 Å². The highest BCUT2D eigenvalue weighted by Crippen LogP contribution is 2.26. The van der Waals surface area contributed by atoms with Crippen LogP contribution in [0.15, 0.2) is 79.1 Å². The van der Waals surface area contributed by atoms with E-state index in [1.54, 1.807) is 7.11 Å². The molecule has 2 heterocycles. The Morgan fingerprint density at radius 2 is 1.86 bits per heavy atom. The fourth-order valence-electron chi connectivity index (χ4n) is 3.26. The Hall–Kier alpha value is -3.60. The number of nitrogens with zero attached hydrogens (tertiary/aromatic N) is 2. The summed E-state index contributed by atoms with van der Waals surface area (Å²) in [7, 11) is 1.57. The van der Waals surface area contributed by atoms with E-state index in [2.05, 4.69) is 10.3 Å². The van der Waals surface area contributed by atoms with E-state index in [0.29, 0.717) is 24.3 Å². The Balaban J connectivity index is 1.49. The summed E-state index contributed by atoms with van der Waals surface area (Å²) in [5.41, 5.74) is 3.60. The minimum atomic E-state index is -0.157. The molecule has 2 aromatic heterocycles. The van der Waals surface area contributed by atoms with E-state index in [1.807, 2.05) is 83.5 Å². The smallest absolute Gasteiger partial charge is 0.255 e. The number of benzene rings is 2. The topological polar surface area (TPSA) is 55.6 Å². The van der Waals surface area contributed by atoms with Crippen LogP contribution in [0.4, 0.5) is 0 Å². The molecule has 1 amide bonds. The molecular weight excluding hydrogens is 350 g/mol. The van der Waals surface area contributed by atoms with Crippen molar-refractivity contribution < 1.29 is 9.53 Å². The van der Waals surface area contributed by atoms with Gasteiger partial charge in [-0.05, 0) is 35.4 Å². The van der Waals surface area contributed by atoms with Gasteiger partial charge in [0, 0.05) is 19.2 Å². The van der Waals surface area contributed by atoms with Gasteiger partial charge in [0.1, 0.15) is 11.6 Å². The molecule has 0 bridgehead atoms. The molecule has 5 heteroatoms. The van der Waals surface area contributed by atoms with E-state index in [4.69, 9.17) is 4.74 Å². The number of aromatic nitrogens is 2. The minimum absolute atomic E-state index is 0.157. The lowest BCUT2D eigenvalue weighted by Gasteiger charge is -2.11. The lowest BCUT2D eigenvalue weighted by molar-refractivity contribution is 0.0951. The normalized spacial score (nSPS) is 10.8. The molecule has 0 fully saturated rings. The highest BCUT2D eigenvalue weighted by molar-refractivity contribution is 5.98. The molecule has 0 atom stereocenters. The van der Waals surface area contributed by atoms with Gasteiger partial charge < -0.3 is 14.5 Å². The highest BCUT2D eigenvalue weighted by atomic mass is 16.5. The SMILES string of the molecule is COc1ccc(-c2ccccc2)cc1C(=O)NCCc1ncc2ccccn12. The number of nitrogens with one attached hydrogen (secondary N) is 1. The van der Waals surface area contributed by atoms with Gasteiger partial charge in [-0.15, -0.1) is 0 Å². The molecule has 5 nitrogen and oxygen atoms in total. The Morgan fingerprint density at radius 1 is 1.04 bits per heavy atom. The van der Waals surface area contributed by atoms with Gasteiger partial charge in [0.25, 0.3) is 5.91 Å². The molecule has 2 aromatic carbocycles. The van der Waals surface area contributed by atoms with E-state index in [-0.39, 0.29) is 5.91 Å². The van der Waals surface area contributed by atoms with Crippen LogP contribution >= 0.6 is 0 Å². The molecular formula is C23H21N3O2. The number of pyridine rings is 1. The van der Waals surface area contributed by atoms with Crippen molar-refractivity contribution in [1.82, 2.24) is 14.7 Å². The molecule has 0 unspecified atom stereocenters. The lowest BCUT2D eigenvalue weighted by atomic mass is 10.0. The fraction of sp³-hybridized carbons (Fsp3) is 0.130. The van der Waals surface area contributed by atoms with Crippen molar-refractivity contribution in [1.29, 1.82) is 0 Å². The van der Waals surface area contributed by atoms with Crippen LogP contribution < -0.4 is 10.1 Å². The summed E-state index contributed by atoms with van der Waals surface area (Å²) in [5, 5.41) is 2.98. The van der Waals surface area contributed by atoms with Crippen LogP contribution in [0, 0.1) is 0 Å². The molecule has 4 rings (SSSR count). The standard InChI is InChI=1S/C23H21N3O2/c1-28-21-11-10-18(17-7-3-2-4-8-17)15-20(21)23(27)24-13-12-22-25-16-19-9-5-6-14-26(19)22/h2-11,14-16H,12-13H2,1H3,(H,24,27). The molecule has 0 radical (unpaired) electrons. The molecule has 140 valence electrons. The number of ether oxygens (including phenoxy) is 1. The summed E-state index contributed by atoms with van der Waals surface area (Å²) < 4.78 is 7.42. The summed E-state index contributed by atoms with van der Waals surface area (Å²) in [6.45, 7) is 0.492. The molecule has 0 aliphatic carbocycles. The second kappa shape index (κ2) is 7.96. The summed E-state index contributed by atoms with van der Waals surface area (Å²) in [5.74, 6) is 1.32. The number of amides is 1. The van der Waals surface area contributed by atoms with Crippen LogP contribution in [0.1, 0.15) is 16.2 Å². The number of methoxy groups -OCH3 is 1. The predicted octanol–water partition coefficient (Wildman–Crippen LogP) is 3.98. The predicted molar refractivity (Wildman–Crippen MR) is 110 cm³/mol.